The molecule has 0 aliphatic carbocycles. The predicted molar refractivity (Wildman–Crippen MR) is 96.4 cm³/mol. The monoisotopic (exact) mass is 408 g/mol. The average Bonchev–Trinajstić information content (AvgIpc) is 2.66. The van der Waals surface area contributed by atoms with Crippen LogP contribution in [0.1, 0.15) is 11.3 Å². The maximum Gasteiger partial charge on any atom is 0.416 e. The Labute approximate surface area is 159 Å². The number of pyridine rings is 2. The molecule has 3 rings (SSSR count). The molecule has 5 nitrogen and oxygen atoms in total. The SMILES string of the molecule is CS(=O)(=O)c1ccc(-c2cc(C(F)(F)F)cc(OCc3ccccn3)n2)cc1. The summed E-state index contributed by atoms with van der Waals surface area (Å²) in [4.78, 5) is 8.24. The van der Waals surface area contributed by atoms with Crippen LogP contribution in [0.2, 0.25) is 0 Å². The number of ether oxygens (including phenoxy) is 1. The molecule has 0 atom stereocenters. The number of halogens is 3. The molecular weight excluding hydrogens is 393 g/mol. The fourth-order valence-electron chi connectivity index (χ4n) is 2.40. The van der Waals surface area contributed by atoms with Crippen molar-refractivity contribution >= 4 is 9.84 Å². The van der Waals surface area contributed by atoms with E-state index < -0.39 is 21.6 Å². The molecule has 1 aromatic carbocycles. The largest absolute Gasteiger partial charge is 0.471 e. The Morgan fingerprint density at radius 2 is 1.75 bits per heavy atom. The van der Waals surface area contributed by atoms with Gasteiger partial charge in [0.05, 0.1) is 21.8 Å². The lowest BCUT2D eigenvalue weighted by Gasteiger charge is -2.12. The summed E-state index contributed by atoms with van der Waals surface area (Å²) < 4.78 is 68.3. The third-order valence-corrected chi connectivity index (χ3v) is 4.93. The first-order valence-corrected chi connectivity index (χ1v) is 9.94. The van der Waals surface area contributed by atoms with Gasteiger partial charge in [-0.25, -0.2) is 13.4 Å². The van der Waals surface area contributed by atoms with Gasteiger partial charge in [-0.05, 0) is 30.3 Å². The molecule has 0 aliphatic rings. The molecule has 3 aromatic rings. The predicted octanol–water partition coefficient (Wildman–Crippen LogP) is 4.14. The smallest absolute Gasteiger partial charge is 0.416 e. The maximum atomic E-state index is 13.3. The van der Waals surface area contributed by atoms with E-state index >= 15 is 0 Å². The van der Waals surface area contributed by atoms with Crippen molar-refractivity contribution in [1.82, 2.24) is 9.97 Å². The van der Waals surface area contributed by atoms with Crippen molar-refractivity contribution in [3.05, 3.63) is 72.1 Å². The lowest BCUT2D eigenvalue weighted by Crippen LogP contribution is -2.08. The number of sulfone groups is 1. The zero-order valence-electron chi connectivity index (χ0n) is 14.6. The van der Waals surface area contributed by atoms with Crippen LogP contribution < -0.4 is 4.74 Å². The minimum atomic E-state index is -4.59. The van der Waals surface area contributed by atoms with Crippen molar-refractivity contribution in [2.24, 2.45) is 0 Å². The minimum absolute atomic E-state index is 0.0193. The Bertz CT molecular complexity index is 1070. The number of nitrogens with zero attached hydrogens (tertiary/aromatic N) is 2. The van der Waals surface area contributed by atoms with Gasteiger partial charge < -0.3 is 4.74 Å². The Hall–Kier alpha value is -2.94. The Kier molecular flexibility index (Phi) is 5.37. The second kappa shape index (κ2) is 7.59. The minimum Gasteiger partial charge on any atom is -0.471 e. The highest BCUT2D eigenvalue weighted by Gasteiger charge is 2.32. The quantitative estimate of drug-likeness (QED) is 0.635. The number of rotatable bonds is 5. The van der Waals surface area contributed by atoms with Crippen LogP contribution in [0, 0.1) is 0 Å². The number of hydrogen-bond donors (Lipinski definition) is 0. The zero-order valence-corrected chi connectivity index (χ0v) is 15.5. The molecule has 9 heteroatoms. The van der Waals surface area contributed by atoms with Crippen molar-refractivity contribution in [2.45, 2.75) is 17.7 Å². The molecule has 2 aromatic heterocycles. The molecule has 0 amide bonds. The Balaban J connectivity index is 1.96. The normalized spacial score (nSPS) is 12.0. The molecule has 146 valence electrons. The van der Waals surface area contributed by atoms with E-state index in [0.29, 0.717) is 11.3 Å². The maximum absolute atomic E-state index is 13.3. The van der Waals surface area contributed by atoms with Gasteiger partial charge in [-0.1, -0.05) is 18.2 Å². The van der Waals surface area contributed by atoms with Crippen LogP contribution >= 0.6 is 0 Å². The molecule has 0 unspecified atom stereocenters. The third-order valence-electron chi connectivity index (χ3n) is 3.80. The number of hydrogen-bond acceptors (Lipinski definition) is 5. The summed E-state index contributed by atoms with van der Waals surface area (Å²) in [6, 6.07) is 12.3. The van der Waals surface area contributed by atoms with Gasteiger partial charge in [0, 0.05) is 24.1 Å². The van der Waals surface area contributed by atoms with E-state index in [4.69, 9.17) is 4.74 Å². The van der Waals surface area contributed by atoms with E-state index in [1.54, 1.807) is 24.4 Å². The topological polar surface area (TPSA) is 69.2 Å². The van der Waals surface area contributed by atoms with Crippen LogP contribution in [0.25, 0.3) is 11.3 Å². The summed E-state index contributed by atoms with van der Waals surface area (Å²) in [7, 11) is -3.41. The van der Waals surface area contributed by atoms with Crippen LogP contribution in [-0.2, 0) is 22.6 Å². The van der Waals surface area contributed by atoms with Crippen LogP contribution in [0.5, 0.6) is 5.88 Å². The first-order valence-electron chi connectivity index (χ1n) is 8.05. The zero-order chi connectivity index (χ0) is 20.4. The Morgan fingerprint density at radius 3 is 2.32 bits per heavy atom. The Morgan fingerprint density at radius 1 is 1.04 bits per heavy atom. The van der Waals surface area contributed by atoms with Gasteiger partial charge in [-0.2, -0.15) is 13.2 Å². The van der Waals surface area contributed by atoms with E-state index in [1.165, 1.54) is 24.3 Å². The van der Waals surface area contributed by atoms with Crippen LogP contribution in [-0.4, -0.2) is 24.6 Å². The summed E-state index contributed by atoms with van der Waals surface area (Å²) in [6.07, 6.45) is -1.99. The fraction of sp³-hybridized carbons (Fsp3) is 0.158. The van der Waals surface area contributed by atoms with Crippen molar-refractivity contribution in [3.8, 4) is 17.1 Å². The molecule has 0 N–H and O–H groups in total. The fourth-order valence-corrected chi connectivity index (χ4v) is 3.03. The van der Waals surface area contributed by atoms with E-state index in [0.717, 1.165) is 18.4 Å². The molecule has 28 heavy (non-hydrogen) atoms. The molecular formula is C19H15F3N2O3S. The van der Waals surface area contributed by atoms with Gasteiger partial charge in [0.25, 0.3) is 0 Å². The van der Waals surface area contributed by atoms with Gasteiger partial charge in [-0.3, -0.25) is 4.98 Å². The molecule has 0 bridgehead atoms. The highest BCUT2D eigenvalue weighted by atomic mass is 32.2. The van der Waals surface area contributed by atoms with E-state index in [-0.39, 0.29) is 23.1 Å². The van der Waals surface area contributed by atoms with Crippen molar-refractivity contribution in [2.75, 3.05) is 6.26 Å². The average molecular weight is 408 g/mol. The molecule has 0 spiro atoms. The summed E-state index contributed by atoms with van der Waals surface area (Å²) >= 11 is 0. The second-order valence-corrected chi connectivity index (χ2v) is 8.00. The van der Waals surface area contributed by atoms with Gasteiger partial charge in [0.15, 0.2) is 9.84 Å². The summed E-state index contributed by atoms with van der Waals surface area (Å²) in [6.45, 7) is -0.0401. The van der Waals surface area contributed by atoms with E-state index in [2.05, 4.69) is 9.97 Å². The first kappa shape index (κ1) is 19.8. The van der Waals surface area contributed by atoms with E-state index in [9.17, 15) is 21.6 Å². The van der Waals surface area contributed by atoms with Crippen LogP contribution in [0.3, 0.4) is 0 Å². The van der Waals surface area contributed by atoms with Crippen molar-refractivity contribution < 1.29 is 26.3 Å². The van der Waals surface area contributed by atoms with Crippen LogP contribution in [0.4, 0.5) is 13.2 Å². The molecule has 0 radical (unpaired) electrons. The number of alkyl halides is 3. The summed E-state index contributed by atoms with van der Waals surface area (Å²) in [5.41, 5.74) is -0.0199. The van der Waals surface area contributed by atoms with Crippen molar-refractivity contribution in [1.29, 1.82) is 0 Å². The molecule has 0 aliphatic heterocycles. The molecule has 2 heterocycles. The van der Waals surface area contributed by atoms with E-state index in [1.807, 2.05) is 0 Å². The molecule has 0 saturated carbocycles. The lowest BCUT2D eigenvalue weighted by molar-refractivity contribution is -0.137. The molecule has 0 fully saturated rings. The highest BCUT2D eigenvalue weighted by Crippen LogP contribution is 2.34. The third kappa shape index (κ3) is 4.86. The molecule has 0 saturated heterocycles. The highest BCUT2D eigenvalue weighted by molar-refractivity contribution is 7.90. The first-order chi connectivity index (χ1) is 13.1. The second-order valence-electron chi connectivity index (χ2n) is 5.98. The number of aromatic nitrogens is 2. The summed E-state index contributed by atoms with van der Waals surface area (Å²) in [5, 5.41) is 0. The van der Waals surface area contributed by atoms with Crippen molar-refractivity contribution in [3.63, 3.8) is 0 Å². The summed E-state index contributed by atoms with van der Waals surface area (Å²) in [5.74, 6) is -0.206. The van der Waals surface area contributed by atoms with Gasteiger partial charge >= 0.3 is 6.18 Å². The van der Waals surface area contributed by atoms with Gasteiger partial charge in [0.1, 0.15) is 6.61 Å². The van der Waals surface area contributed by atoms with Gasteiger partial charge in [-0.15, -0.1) is 0 Å². The standard InChI is InChI=1S/C19H15F3N2O3S/c1-28(25,26)16-7-5-13(6-8-16)17-10-14(19(20,21)22)11-18(24-17)27-12-15-4-2-3-9-23-15/h2-11H,12H2,1H3. The number of benzene rings is 1. The lowest BCUT2D eigenvalue weighted by atomic mass is 10.1. The van der Waals surface area contributed by atoms with Gasteiger partial charge in [0.2, 0.25) is 5.88 Å². The van der Waals surface area contributed by atoms with Crippen LogP contribution in [0.15, 0.2) is 65.7 Å².